The molecule has 2 amide bonds. The van der Waals surface area contributed by atoms with E-state index in [0.29, 0.717) is 25.9 Å². The van der Waals surface area contributed by atoms with Gasteiger partial charge < -0.3 is 19.7 Å². The molecule has 29 heavy (non-hydrogen) atoms. The van der Waals surface area contributed by atoms with Crippen LogP contribution in [0.2, 0.25) is 0 Å². The van der Waals surface area contributed by atoms with Gasteiger partial charge in [-0.05, 0) is 76.1 Å². The van der Waals surface area contributed by atoms with E-state index in [1.54, 1.807) is 4.90 Å². The van der Waals surface area contributed by atoms with Crippen LogP contribution in [0.15, 0.2) is 18.2 Å². The largest absolute Gasteiger partial charge is 0.455 e. The highest BCUT2D eigenvalue weighted by molar-refractivity contribution is 5.93. The van der Waals surface area contributed by atoms with Crippen LogP contribution in [0.4, 0.5) is 10.5 Å². The summed E-state index contributed by atoms with van der Waals surface area (Å²) in [6, 6.07) is 5.92. The van der Waals surface area contributed by atoms with Crippen molar-refractivity contribution >= 4 is 23.7 Å². The number of nitrogens with zero attached hydrogens (tertiary/aromatic N) is 1. The normalized spacial score (nSPS) is 16.9. The Morgan fingerprint density at radius 2 is 1.79 bits per heavy atom. The van der Waals surface area contributed by atoms with Crippen molar-refractivity contribution < 1.29 is 23.9 Å². The van der Waals surface area contributed by atoms with Crippen LogP contribution in [0, 0.1) is 5.92 Å². The number of hydrogen-bond acceptors (Lipinski definition) is 5. The zero-order valence-electron chi connectivity index (χ0n) is 17.5. The van der Waals surface area contributed by atoms with Crippen LogP contribution in [0.25, 0.3) is 0 Å². The summed E-state index contributed by atoms with van der Waals surface area (Å²) >= 11 is 0. The Morgan fingerprint density at radius 1 is 1.10 bits per heavy atom. The highest BCUT2D eigenvalue weighted by atomic mass is 16.6. The topological polar surface area (TPSA) is 84.9 Å². The lowest BCUT2D eigenvalue weighted by Crippen LogP contribution is -2.43. The number of fused-ring (bicyclic) bond motifs is 1. The number of nitrogens with one attached hydrogen (secondary N) is 1. The summed E-state index contributed by atoms with van der Waals surface area (Å²) in [5.41, 5.74) is 2.81. The van der Waals surface area contributed by atoms with Crippen LogP contribution in [-0.4, -0.2) is 48.2 Å². The molecule has 1 fully saturated rings. The summed E-state index contributed by atoms with van der Waals surface area (Å²) in [4.78, 5) is 38.1. The minimum Gasteiger partial charge on any atom is -0.455 e. The number of aryl methyl sites for hydroxylation is 2. The Balaban J connectivity index is 1.40. The van der Waals surface area contributed by atoms with E-state index >= 15 is 0 Å². The maximum atomic E-state index is 12.3. The first kappa shape index (κ1) is 21.1. The summed E-state index contributed by atoms with van der Waals surface area (Å²) < 4.78 is 10.6. The highest BCUT2D eigenvalue weighted by Crippen LogP contribution is 2.25. The predicted molar refractivity (Wildman–Crippen MR) is 109 cm³/mol. The number of rotatable bonds is 4. The summed E-state index contributed by atoms with van der Waals surface area (Å²) in [7, 11) is 0. The van der Waals surface area contributed by atoms with E-state index in [-0.39, 0.29) is 24.5 Å². The number of esters is 1. The number of carbonyl (C=O) groups is 3. The van der Waals surface area contributed by atoms with Gasteiger partial charge in [-0.25, -0.2) is 4.79 Å². The van der Waals surface area contributed by atoms with Gasteiger partial charge in [-0.2, -0.15) is 0 Å². The molecule has 1 aliphatic carbocycles. The molecule has 2 aliphatic rings. The molecule has 7 heteroatoms. The molecule has 0 atom stereocenters. The van der Waals surface area contributed by atoms with Crippen molar-refractivity contribution in [3.05, 3.63) is 29.3 Å². The third-order valence-electron chi connectivity index (χ3n) is 5.21. The fraction of sp³-hybridized carbons (Fsp3) is 0.591. The molecule has 1 aliphatic heterocycles. The van der Waals surface area contributed by atoms with Gasteiger partial charge >= 0.3 is 12.1 Å². The van der Waals surface area contributed by atoms with Gasteiger partial charge in [0, 0.05) is 18.8 Å². The molecule has 1 aromatic carbocycles. The molecule has 0 unspecified atom stereocenters. The van der Waals surface area contributed by atoms with Crippen LogP contribution >= 0.6 is 0 Å². The number of piperidine rings is 1. The van der Waals surface area contributed by atoms with E-state index in [1.165, 1.54) is 11.1 Å². The number of carbonyl (C=O) groups excluding carboxylic acids is 3. The van der Waals surface area contributed by atoms with Crippen molar-refractivity contribution in [1.82, 2.24) is 4.90 Å². The fourth-order valence-electron chi connectivity index (χ4n) is 3.73. The Morgan fingerprint density at radius 3 is 2.48 bits per heavy atom. The molecule has 158 valence electrons. The van der Waals surface area contributed by atoms with Crippen molar-refractivity contribution in [3.63, 3.8) is 0 Å². The first-order valence-corrected chi connectivity index (χ1v) is 10.3. The molecule has 0 spiro atoms. The van der Waals surface area contributed by atoms with Gasteiger partial charge in [0.05, 0.1) is 5.92 Å². The number of anilines is 1. The van der Waals surface area contributed by atoms with Gasteiger partial charge in [0.15, 0.2) is 6.61 Å². The number of hydrogen-bond donors (Lipinski definition) is 1. The van der Waals surface area contributed by atoms with Crippen LogP contribution in [0.5, 0.6) is 0 Å². The lowest BCUT2D eigenvalue weighted by molar-refractivity contribution is -0.153. The van der Waals surface area contributed by atoms with Crippen molar-refractivity contribution in [2.24, 2.45) is 5.92 Å². The lowest BCUT2D eigenvalue weighted by Gasteiger charge is -2.32. The second-order valence-electron chi connectivity index (χ2n) is 8.73. The molecule has 0 bridgehead atoms. The first-order chi connectivity index (χ1) is 13.7. The predicted octanol–water partition coefficient (Wildman–Crippen LogP) is 3.30. The third kappa shape index (κ3) is 5.95. The van der Waals surface area contributed by atoms with E-state index in [0.717, 1.165) is 24.9 Å². The van der Waals surface area contributed by atoms with Gasteiger partial charge in [-0.15, -0.1) is 0 Å². The van der Waals surface area contributed by atoms with Crippen LogP contribution < -0.4 is 5.32 Å². The Bertz CT molecular complexity index is 776. The molecule has 3 rings (SSSR count). The zero-order valence-corrected chi connectivity index (χ0v) is 17.5. The fourth-order valence-corrected chi connectivity index (χ4v) is 3.73. The second kappa shape index (κ2) is 8.84. The highest BCUT2D eigenvalue weighted by Gasteiger charge is 2.31. The Labute approximate surface area is 171 Å². The Kier molecular flexibility index (Phi) is 6.45. The van der Waals surface area contributed by atoms with E-state index in [4.69, 9.17) is 9.47 Å². The maximum absolute atomic E-state index is 12.3. The minimum absolute atomic E-state index is 0.303. The molecule has 0 radical (unpaired) electrons. The van der Waals surface area contributed by atoms with Crippen molar-refractivity contribution in [3.8, 4) is 0 Å². The summed E-state index contributed by atoms with van der Waals surface area (Å²) in [5.74, 6) is -1.04. The van der Waals surface area contributed by atoms with Crippen molar-refractivity contribution in [2.75, 3.05) is 25.0 Å². The maximum Gasteiger partial charge on any atom is 0.410 e. The molecule has 0 aromatic heterocycles. The minimum atomic E-state index is -0.543. The lowest BCUT2D eigenvalue weighted by atomic mass is 9.97. The molecule has 1 saturated heterocycles. The van der Waals surface area contributed by atoms with Crippen molar-refractivity contribution in [2.45, 2.75) is 58.5 Å². The summed E-state index contributed by atoms with van der Waals surface area (Å²) in [6.07, 6.45) is 3.92. The average molecular weight is 402 g/mol. The van der Waals surface area contributed by atoms with Crippen LogP contribution in [0.1, 0.15) is 51.2 Å². The van der Waals surface area contributed by atoms with E-state index < -0.39 is 11.6 Å². The Hall–Kier alpha value is -2.57. The first-order valence-electron chi connectivity index (χ1n) is 10.3. The molecule has 1 aromatic rings. The van der Waals surface area contributed by atoms with E-state index in [1.807, 2.05) is 39.0 Å². The molecule has 1 N–H and O–H groups in total. The van der Waals surface area contributed by atoms with E-state index in [2.05, 4.69) is 5.32 Å². The number of ether oxygens (including phenoxy) is 2. The molecule has 1 heterocycles. The molecular weight excluding hydrogens is 372 g/mol. The van der Waals surface area contributed by atoms with Gasteiger partial charge in [0.1, 0.15) is 5.60 Å². The van der Waals surface area contributed by atoms with Crippen LogP contribution in [0.3, 0.4) is 0 Å². The summed E-state index contributed by atoms with van der Waals surface area (Å²) in [5, 5.41) is 2.79. The number of benzene rings is 1. The monoisotopic (exact) mass is 402 g/mol. The van der Waals surface area contributed by atoms with Gasteiger partial charge in [0.2, 0.25) is 0 Å². The molecular formula is C22H30N2O5. The summed E-state index contributed by atoms with van der Waals surface area (Å²) in [6.45, 7) is 6.04. The average Bonchev–Trinajstić information content (AvgIpc) is 3.12. The number of likely N-dealkylation sites (tertiary alicyclic amines) is 1. The second-order valence-corrected chi connectivity index (χ2v) is 8.73. The van der Waals surface area contributed by atoms with Gasteiger partial charge in [-0.1, -0.05) is 6.07 Å². The number of amides is 2. The van der Waals surface area contributed by atoms with E-state index in [9.17, 15) is 14.4 Å². The van der Waals surface area contributed by atoms with Gasteiger partial charge in [-0.3, -0.25) is 9.59 Å². The standard InChI is InChI=1S/C22H30N2O5/c1-22(2,3)29-21(27)24-11-9-16(10-12-24)20(26)28-14-19(25)23-18-8-7-15-5-4-6-17(15)13-18/h7-8,13,16H,4-6,9-12,14H2,1-3H3,(H,23,25). The smallest absolute Gasteiger partial charge is 0.410 e. The molecule has 0 saturated carbocycles. The molecule has 7 nitrogen and oxygen atoms in total. The van der Waals surface area contributed by atoms with Crippen LogP contribution in [-0.2, 0) is 31.9 Å². The SMILES string of the molecule is CC(C)(C)OC(=O)N1CCC(C(=O)OCC(=O)Nc2ccc3c(c2)CCC3)CC1. The van der Waals surface area contributed by atoms with Gasteiger partial charge in [0.25, 0.3) is 5.91 Å². The zero-order chi connectivity index (χ0) is 21.0. The third-order valence-corrected chi connectivity index (χ3v) is 5.21. The van der Waals surface area contributed by atoms with Crippen molar-refractivity contribution in [1.29, 1.82) is 0 Å². The quantitative estimate of drug-likeness (QED) is 0.781.